The molecule has 0 aliphatic rings. The van der Waals surface area contributed by atoms with Crippen molar-refractivity contribution in [2.24, 2.45) is 0 Å². The first-order chi connectivity index (χ1) is 9.08. The molecule has 0 atom stereocenters. The van der Waals surface area contributed by atoms with Crippen LogP contribution in [0.15, 0.2) is 45.3 Å². The highest BCUT2D eigenvalue weighted by molar-refractivity contribution is 9.10. The minimum atomic E-state index is 0.716. The van der Waals surface area contributed by atoms with E-state index in [1.54, 1.807) is 7.11 Å². The molecule has 2 nitrogen and oxygen atoms in total. The fourth-order valence-corrected chi connectivity index (χ4v) is 2.65. The molecule has 0 unspecified atom stereocenters. The van der Waals surface area contributed by atoms with Crippen molar-refractivity contribution in [1.82, 2.24) is 0 Å². The molecule has 0 amide bonds. The smallest absolute Gasteiger partial charge is 0.122 e. The van der Waals surface area contributed by atoms with Crippen molar-refractivity contribution >= 4 is 49.1 Å². The molecule has 2 aromatic rings. The molecule has 0 heterocycles. The molecule has 2 aromatic carbocycles. The highest BCUT2D eigenvalue weighted by Gasteiger charge is 2.02. The lowest BCUT2D eigenvalue weighted by atomic mass is 10.2. The largest absolute Gasteiger partial charge is 0.497 e. The van der Waals surface area contributed by atoms with Gasteiger partial charge in [0, 0.05) is 27.2 Å². The van der Waals surface area contributed by atoms with E-state index in [-0.39, 0.29) is 0 Å². The zero-order valence-electron chi connectivity index (χ0n) is 10.2. The first-order valence-electron chi connectivity index (χ1n) is 5.61. The molecule has 0 fully saturated rings. The molecule has 0 radical (unpaired) electrons. The number of nitrogens with one attached hydrogen (secondary N) is 1. The van der Waals surface area contributed by atoms with Crippen LogP contribution in [-0.4, -0.2) is 7.11 Å². The maximum absolute atomic E-state index is 5.97. The average molecular weight is 406 g/mol. The van der Waals surface area contributed by atoms with Crippen LogP contribution < -0.4 is 10.1 Å². The minimum Gasteiger partial charge on any atom is -0.497 e. The summed E-state index contributed by atoms with van der Waals surface area (Å²) in [5, 5.41) is 4.06. The zero-order chi connectivity index (χ0) is 13.8. The molecule has 0 bridgehead atoms. The Bertz CT molecular complexity index is 590. The maximum Gasteiger partial charge on any atom is 0.122 e. The molecule has 19 heavy (non-hydrogen) atoms. The van der Waals surface area contributed by atoms with Crippen molar-refractivity contribution in [3.63, 3.8) is 0 Å². The van der Waals surface area contributed by atoms with E-state index in [2.05, 4.69) is 37.2 Å². The van der Waals surface area contributed by atoms with E-state index in [1.807, 2.05) is 36.4 Å². The molecular formula is C14H12Br2ClNO. The lowest BCUT2D eigenvalue weighted by molar-refractivity contribution is 0.414. The lowest BCUT2D eigenvalue weighted by Crippen LogP contribution is -1.99. The second kappa shape index (κ2) is 6.64. The van der Waals surface area contributed by atoms with Crippen molar-refractivity contribution in [2.45, 2.75) is 6.54 Å². The molecule has 100 valence electrons. The molecule has 0 saturated carbocycles. The molecule has 0 spiro atoms. The summed E-state index contributed by atoms with van der Waals surface area (Å²) in [5.74, 6) is 0.814. The van der Waals surface area contributed by atoms with Gasteiger partial charge in [-0.15, -0.1) is 0 Å². The second-order valence-electron chi connectivity index (χ2n) is 3.98. The van der Waals surface area contributed by atoms with Gasteiger partial charge in [-0.2, -0.15) is 0 Å². The molecule has 5 heteroatoms. The Kier molecular flexibility index (Phi) is 5.13. The van der Waals surface area contributed by atoms with Gasteiger partial charge in [0.15, 0.2) is 0 Å². The number of halogens is 3. The quantitative estimate of drug-likeness (QED) is 0.727. The van der Waals surface area contributed by atoms with Crippen LogP contribution in [-0.2, 0) is 6.54 Å². The van der Waals surface area contributed by atoms with Crippen LogP contribution >= 0.6 is 43.5 Å². The number of rotatable bonds is 4. The van der Waals surface area contributed by atoms with Crippen LogP contribution in [0.4, 0.5) is 5.69 Å². The first-order valence-corrected chi connectivity index (χ1v) is 7.57. The lowest BCUT2D eigenvalue weighted by Gasteiger charge is -2.10. The van der Waals surface area contributed by atoms with Crippen molar-refractivity contribution in [3.8, 4) is 5.75 Å². The van der Waals surface area contributed by atoms with Gasteiger partial charge in [0.25, 0.3) is 0 Å². The number of anilines is 1. The number of hydrogen-bond donors (Lipinski definition) is 1. The standard InChI is InChI=1S/C14H12Br2ClNO/c1-19-12-6-10(15)5-11(7-12)18-8-9-2-3-14(17)13(16)4-9/h2-7,18H,8H2,1H3. The highest BCUT2D eigenvalue weighted by Crippen LogP contribution is 2.26. The van der Waals surface area contributed by atoms with Gasteiger partial charge in [-0.1, -0.05) is 33.6 Å². The predicted molar refractivity (Wildman–Crippen MR) is 87.2 cm³/mol. The van der Waals surface area contributed by atoms with Gasteiger partial charge in [0.1, 0.15) is 5.75 Å². The summed E-state index contributed by atoms with van der Waals surface area (Å²) in [5.41, 5.74) is 2.15. The third kappa shape index (κ3) is 4.13. The zero-order valence-corrected chi connectivity index (χ0v) is 14.1. The predicted octanol–water partition coefficient (Wildman–Crippen LogP) is 5.49. The van der Waals surface area contributed by atoms with E-state index < -0.39 is 0 Å². The van der Waals surface area contributed by atoms with E-state index in [4.69, 9.17) is 16.3 Å². The number of hydrogen-bond acceptors (Lipinski definition) is 2. The highest BCUT2D eigenvalue weighted by atomic mass is 79.9. The van der Waals surface area contributed by atoms with Crippen LogP contribution in [0.25, 0.3) is 0 Å². The van der Waals surface area contributed by atoms with E-state index in [0.29, 0.717) is 5.02 Å². The van der Waals surface area contributed by atoms with Crippen molar-refractivity contribution in [3.05, 3.63) is 55.9 Å². The van der Waals surface area contributed by atoms with Crippen molar-refractivity contribution in [2.75, 3.05) is 12.4 Å². The number of ether oxygens (including phenoxy) is 1. The molecule has 0 aliphatic carbocycles. The summed E-state index contributed by atoms with van der Waals surface area (Å²) >= 11 is 12.8. The summed E-state index contributed by atoms with van der Waals surface area (Å²) in [6.45, 7) is 0.718. The van der Waals surface area contributed by atoms with Gasteiger partial charge < -0.3 is 10.1 Å². The maximum atomic E-state index is 5.97. The Morgan fingerprint density at radius 3 is 2.63 bits per heavy atom. The van der Waals surface area contributed by atoms with E-state index in [0.717, 1.165) is 32.5 Å². The molecule has 0 saturated heterocycles. The van der Waals surface area contributed by atoms with Gasteiger partial charge in [-0.3, -0.25) is 0 Å². The molecule has 0 aliphatic heterocycles. The summed E-state index contributed by atoms with van der Waals surface area (Å²) in [4.78, 5) is 0. The summed E-state index contributed by atoms with van der Waals surface area (Å²) in [6, 6.07) is 11.8. The van der Waals surface area contributed by atoms with E-state index >= 15 is 0 Å². The topological polar surface area (TPSA) is 21.3 Å². The fraction of sp³-hybridized carbons (Fsp3) is 0.143. The van der Waals surface area contributed by atoms with Gasteiger partial charge in [-0.05, 0) is 45.8 Å². The summed E-state index contributed by atoms with van der Waals surface area (Å²) in [7, 11) is 1.65. The SMILES string of the molecule is COc1cc(Br)cc(NCc2ccc(Cl)c(Br)c2)c1. The number of methoxy groups -OCH3 is 1. The first kappa shape index (κ1) is 14.7. The molecule has 0 aromatic heterocycles. The minimum absolute atomic E-state index is 0.716. The number of benzene rings is 2. The van der Waals surface area contributed by atoms with E-state index in [1.165, 1.54) is 0 Å². The fourth-order valence-electron chi connectivity index (χ4n) is 1.64. The Morgan fingerprint density at radius 1 is 1.16 bits per heavy atom. The van der Waals surface area contributed by atoms with Crippen LogP contribution in [0, 0.1) is 0 Å². The van der Waals surface area contributed by atoms with Crippen molar-refractivity contribution < 1.29 is 4.74 Å². The Hall–Kier alpha value is -0.710. The normalized spacial score (nSPS) is 10.3. The average Bonchev–Trinajstić information content (AvgIpc) is 2.39. The van der Waals surface area contributed by atoms with Crippen LogP contribution in [0.2, 0.25) is 5.02 Å². The Labute approximate surface area is 134 Å². The third-order valence-electron chi connectivity index (χ3n) is 2.59. The van der Waals surface area contributed by atoms with Crippen LogP contribution in [0.3, 0.4) is 0 Å². The van der Waals surface area contributed by atoms with Crippen molar-refractivity contribution in [1.29, 1.82) is 0 Å². The monoisotopic (exact) mass is 403 g/mol. The van der Waals surface area contributed by atoms with E-state index in [9.17, 15) is 0 Å². The Balaban J connectivity index is 2.09. The summed E-state index contributed by atoms with van der Waals surface area (Å²) in [6.07, 6.45) is 0. The molecule has 1 N–H and O–H groups in total. The van der Waals surface area contributed by atoms with Gasteiger partial charge >= 0.3 is 0 Å². The molecular weight excluding hydrogens is 393 g/mol. The van der Waals surface area contributed by atoms with Crippen LogP contribution in [0.5, 0.6) is 5.75 Å². The van der Waals surface area contributed by atoms with Crippen LogP contribution in [0.1, 0.15) is 5.56 Å². The second-order valence-corrected chi connectivity index (χ2v) is 6.16. The molecule has 2 rings (SSSR count). The third-order valence-corrected chi connectivity index (χ3v) is 4.26. The summed E-state index contributed by atoms with van der Waals surface area (Å²) < 4.78 is 7.11. The Morgan fingerprint density at radius 2 is 1.95 bits per heavy atom. The van der Waals surface area contributed by atoms with Gasteiger partial charge in [0.05, 0.1) is 12.1 Å². The van der Waals surface area contributed by atoms with Gasteiger partial charge in [-0.25, -0.2) is 0 Å². The van der Waals surface area contributed by atoms with Gasteiger partial charge in [0.2, 0.25) is 0 Å².